The maximum atomic E-state index is 10.2. The number of hydrogen-bond donors (Lipinski definition) is 5. The van der Waals surface area contributed by atoms with Gasteiger partial charge in [0.05, 0.1) is 19.5 Å². The summed E-state index contributed by atoms with van der Waals surface area (Å²) in [7, 11) is 0. The number of fused-ring (bicyclic) bond motifs is 1. The number of anilines is 2. The Morgan fingerprint density at radius 2 is 1.96 bits per heavy atom. The SMILES string of the molecule is Nc1nc(NOCc2ccccc2)c2ncn([C@@H]3O[C@H](CO)[C@@H](O)[C@H]3O)c2n1. The number of nitrogen functional groups attached to an aromatic ring is 1. The summed E-state index contributed by atoms with van der Waals surface area (Å²) in [5, 5.41) is 29.5. The molecule has 1 aliphatic rings. The molecule has 4 atom stereocenters. The average Bonchev–Trinajstić information content (AvgIpc) is 3.24. The molecule has 0 unspecified atom stereocenters. The molecule has 6 N–H and O–H groups in total. The lowest BCUT2D eigenvalue weighted by Crippen LogP contribution is -2.33. The highest BCUT2D eigenvalue weighted by molar-refractivity contribution is 5.83. The summed E-state index contributed by atoms with van der Waals surface area (Å²) in [5.41, 5.74) is 10.1. The first-order valence-corrected chi connectivity index (χ1v) is 8.62. The van der Waals surface area contributed by atoms with Crippen LogP contribution in [-0.2, 0) is 16.2 Å². The van der Waals surface area contributed by atoms with E-state index < -0.39 is 31.1 Å². The largest absolute Gasteiger partial charge is 0.394 e. The number of rotatable bonds is 6. The average molecular weight is 388 g/mol. The summed E-state index contributed by atoms with van der Waals surface area (Å²) in [6.07, 6.45) is -3.01. The van der Waals surface area contributed by atoms with Crippen LogP contribution in [0.1, 0.15) is 11.8 Å². The molecule has 0 radical (unpaired) electrons. The number of hydrogen-bond acceptors (Lipinski definition) is 10. The van der Waals surface area contributed by atoms with Gasteiger partial charge in [0.25, 0.3) is 0 Å². The molecule has 1 saturated heterocycles. The van der Waals surface area contributed by atoms with Gasteiger partial charge < -0.3 is 25.8 Å². The fourth-order valence-corrected chi connectivity index (χ4v) is 3.06. The van der Waals surface area contributed by atoms with Crippen LogP contribution in [0.4, 0.5) is 11.8 Å². The van der Waals surface area contributed by atoms with Crippen LogP contribution in [0.2, 0.25) is 0 Å². The second-order valence-corrected chi connectivity index (χ2v) is 6.36. The highest BCUT2D eigenvalue weighted by Gasteiger charge is 2.44. The lowest BCUT2D eigenvalue weighted by Gasteiger charge is -2.16. The number of nitrogens with zero attached hydrogens (tertiary/aromatic N) is 4. The molecule has 1 aromatic carbocycles. The first kappa shape index (κ1) is 18.5. The fraction of sp³-hybridized carbons (Fsp3) is 0.353. The van der Waals surface area contributed by atoms with E-state index >= 15 is 0 Å². The van der Waals surface area contributed by atoms with Gasteiger partial charge in [-0.2, -0.15) is 9.97 Å². The van der Waals surface area contributed by atoms with Crippen LogP contribution in [0, 0.1) is 0 Å². The second kappa shape index (κ2) is 7.66. The molecular weight excluding hydrogens is 368 g/mol. The normalized spacial score (nSPS) is 24.7. The van der Waals surface area contributed by atoms with Crippen LogP contribution in [0.25, 0.3) is 11.2 Å². The predicted molar refractivity (Wildman–Crippen MR) is 97.6 cm³/mol. The van der Waals surface area contributed by atoms with Gasteiger partial charge in [0, 0.05) is 0 Å². The minimum absolute atomic E-state index is 0.0354. The number of aromatic nitrogens is 4. The third-order valence-corrected chi connectivity index (χ3v) is 4.48. The lowest BCUT2D eigenvalue weighted by atomic mass is 10.1. The van der Waals surface area contributed by atoms with Gasteiger partial charge in [-0.15, -0.1) is 0 Å². The number of benzene rings is 1. The Bertz CT molecular complexity index is 952. The van der Waals surface area contributed by atoms with Crippen molar-refractivity contribution in [3.8, 4) is 0 Å². The number of aliphatic hydroxyl groups is 3. The highest BCUT2D eigenvalue weighted by atomic mass is 16.6. The number of ether oxygens (including phenoxy) is 1. The molecule has 11 nitrogen and oxygen atoms in total. The van der Waals surface area contributed by atoms with Crippen LogP contribution < -0.4 is 11.2 Å². The van der Waals surface area contributed by atoms with Crippen molar-refractivity contribution in [2.45, 2.75) is 31.1 Å². The van der Waals surface area contributed by atoms with Gasteiger partial charge >= 0.3 is 0 Å². The minimum atomic E-state index is -1.27. The molecule has 3 heterocycles. The molecule has 0 bridgehead atoms. The Morgan fingerprint density at radius 3 is 2.68 bits per heavy atom. The standard InChI is InChI=1S/C17H20N6O5/c18-17-20-14(22-27-7-9-4-2-1-3-5-9)11-15(21-17)23(8-19-11)16-13(26)12(25)10(6-24)28-16/h1-5,8,10,12-13,16,24-26H,6-7H2,(H3,18,20,21,22)/t10-,12-,13-,16-/m1/s1. The van der Waals surface area contributed by atoms with E-state index in [-0.39, 0.29) is 17.4 Å². The molecule has 1 fully saturated rings. The molecule has 11 heteroatoms. The zero-order valence-electron chi connectivity index (χ0n) is 14.7. The molecule has 0 spiro atoms. The molecule has 4 rings (SSSR count). The third kappa shape index (κ3) is 3.37. The van der Waals surface area contributed by atoms with Gasteiger partial charge in [0.1, 0.15) is 18.3 Å². The van der Waals surface area contributed by atoms with E-state index in [0.717, 1.165) is 5.56 Å². The molecule has 0 aliphatic carbocycles. The maximum absolute atomic E-state index is 10.2. The molecule has 0 saturated carbocycles. The number of nitrogens with two attached hydrogens (primary N) is 1. The summed E-state index contributed by atoms with van der Waals surface area (Å²) in [6, 6.07) is 9.56. The van der Waals surface area contributed by atoms with E-state index in [1.165, 1.54) is 10.9 Å². The monoisotopic (exact) mass is 388 g/mol. The van der Waals surface area contributed by atoms with Gasteiger partial charge in [-0.05, 0) is 5.56 Å². The molecule has 148 valence electrons. The zero-order chi connectivity index (χ0) is 19.7. The maximum Gasteiger partial charge on any atom is 0.224 e. The van der Waals surface area contributed by atoms with Crippen molar-refractivity contribution in [1.82, 2.24) is 19.5 Å². The van der Waals surface area contributed by atoms with E-state index in [0.29, 0.717) is 12.1 Å². The Hall–Kier alpha value is -2.83. The van der Waals surface area contributed by atoms with E-state index in [1.807, 2.05) is 30.3 Å². The summed E-state index contributed by atoms with van der Waals surface area (Å²) in [4.78, 5) is 18.0. The summed E-state index contributed by atoms with van der Waals surface area (Å²) >= 11 is 0. The van der Waals surface area contributed by atoms with Crippen molar-refractivity contribution in [3.05, 3.63) is 42.2 Å². The number of imidazole rings is 1. The summed E-state index contributed by atoms with van der Waals surface area (Å²) < 4.78 is 6.96. The van der Waals surface area contributed by atoms with Gasteiger partial charge in [-0.25, -0.2) is 10.5 Å². The van der Waals surface area contributed by atoms with E-state index in [1.54, 1.807) is 0 Å². The van der Waals surface area contributed by atoms with Crippen molar-refractivity contribution in [2.75, 3.05) is 17.8 Å². The molecule has 0 amide bonds. The molecule has 2 aromatic heterocycles. The molecule has 1 aliphatic heterocycles. The Morgan fingerprint density at radius 1 is 1.18 bits per heavy atom. The van der Waals surface area contributed by atoms with Crippen molar-refractivity contribution < 1.29 is 24.9 Å². The first-order chi connectivity index (χ1) is 13.6. The van der Waals surface area contributed by atoms with E-state index in [4.69, 9.17) is 15.3 Å². The fourth-order valence-electron chi connectivity index (χ4n) is 3.06. The molecular formula is C17H20N6O5. The van der Waals surface area contributed by atoms with Crippen molar-refractivity contribution >= 4 is 22.9 Å². The summed E-state index contributed by atoms with van der Waals surface area (Å²) in [6.45, 7) is -0.139. The van der Waals surface area contributed by atoms with Gasteiger partial charge in [-0.3, -0.25) is 9.40 Å². The van der Waals surface area contributed by atoms with Gasteiger partial charge in [-0.1, -0.05) is 30.3 Å². The Kier molecular flexibility index (Phi) is 5.07. The second-order valence-electron chi connectivity index (χ2n) is 6.36. The quantitative estimate of drug-likeness (QED) is 0.350. The van der Waals surface area contributed by atoms with Crippen LogP contribution >= 0.6 is 0 Å². The number of nitrogens with one attached hydrogen (secondary N) is 1. The van der Waals surface area contributed by atoms with Crippen LogP contribution in [-0.4, -0.2) is 59.8 Å². The highest BCUT2D eigenvalue weighted by Crippen LogP contribution is 2.32. The predicted octanol–water partition coefficient (Wildman–Crippen LogP) is -0.436. The van der Waals surface area contributed by atoms with Crippen molar-refractivity contribution in [2.24, 2.45) is 0 Å². The molecule has 28 heavy (non-hydrogen) atoms. The third-order valence-electron chi connectivity index (χ3n) is 4.48. The minimum Gasteiger partial charge on any atom is -0.394 e. The zero-order valence-corrected chi connectivity index (χ0v) is 14.7. The van der Waals surface area contributed by atoms with E-state index in [9.17, 15) is 15.3 Å². The summed E-state index contributed by atoms with van der Waals surface area (Å²) in [5.74, 6) is 0.218. The van der Waals surface area contributed by atoms with Crippen LogP contribution in [0.5, 0.6) is 0 Å². The van der Waals surface area contributed by atoms with Gasteiger partial charge in [0.2, 0.25) is 5.95 Å². The lowest BCUT2D eigenvalue weighted by molar-refractivity contribution is -0.0511. The smallest absolute Gasteiger partial charge is 0.224 e. The van der Waals surface area contributed by atoms with Gasteiger partial charge in [0.15, 0.2) is 23.2 Å². The van der Waals surface area contributed by atoms with Crippen LogP contribution in [0.3, 0.4) is 0 Å². The topological polar surface area (TPSA) is 161 Å². The van der Waals surface area contributed by atoms with E-state index in [2.05, 4.69) is 20.4 Å². The Balaban J connectivity index is 1.58. The molecule has 3 aromatic rings. The van der Waals surface area contributed by atoms with Crippen molar-refractivity contribution in [1.29, 1.82) is 0 Å². The first-order valence-electron chi connectivity index (χ1n) is 8.62. The Labute approximate surface area is 159 Å². The van der Waals surface area contributed by atoms with Crippen LogP contribution in [0.15, 0.2) is 36.7 Å². The van der Waals surface area contributed by atoms with Crippen molar-refractivity contribution in [3.63, 3.8) is 0 Å². The number of aliphatic hydroxyl groups excluding tert-OH is 3.